The van der Waals surface area contributed by atoms with Crippen molar-refractivity contribution in [2.45, 2.75) is 39.0 Å². The maximum Gasteiger partial charge on any atom is 0.256 e. The van der Waals surface area contributed by atoms with Crippen molar-refractivity contribution in [3.05, 3.63) is 35.0 Å². The number of rotatable bonds is 11. The van der Waals surface area contributed by atoms with Gasteiger partial charge in [-0.1, -0.05) is 25.4 Å². The molecule has 10 N–H and O–H groups in total. The number of carbonyl (C=O) groups excluding carboxylic acids is 2. The van der Waals surface area contributed by atoms with Gasteiger partial charge in [0.1, 0.15) is 0 Å². The zero-order valence-corrected chi connectivity index (χ0v) is 17.0. The van der Waals surface area contributed by atoms with Crippen LogP contribution in [0.15, 0.2) is 30.0 Å². The summed E-state index contributed by atoms with van der Waals surface area (Å²) in [4.78, 5) is 24.3. The summed E-state index contributed by atoms with van der Waals surface area (Å²) in [7, 11) is 0. The monoisotopic (exact) mass is 411 g/mol. The minimum absolute atomic E-state index is 0.164. The van der Waals surface area contributed by atoms with E-state index in [4.69, 9.17) is 28.8 Å². The Morgan fingerprint density at radius 3 is 2.36 bits per heavy atom. The summed E-state index contributed by atoms with van der Waals surface area (Å²) in [5, 5.41) is 12.0. The van der Waals surface area contributed by atoms with Gasteiger partial charge in [0.25, 0.3) is 5.91 Å². The number of hydrogen-bond acceptors (Lipinski definition) is 7. The van der Waals surface area contributed by atoms with E-state index < -0.39 is 12.1 Å². The quantitative estimate of drug-likeness (QED) is 0.207. The van der Waals surface area contributed by atoms with Gasteiger partial charge in [-0.05, 0) is 37.6 Å². The average Bonchev–Trinajstić information content (AvgIpc) is 2.65. The first-order chi connectivity index (χ1) is 13.3. The first-order valence-electron chi connectivity index (χ1n) is 9.13. The van der Waals surface area contributed by atoms with Crippen molar-refractivity contribution in [1.29, 1.82) is 0 Å². The molecule has 1 rings (SSSR count). The van der Waals surface area contributed by atoms with Crippen LogP contribution in [0.25, 0.3) is 0 Å². The third-order valence-corrected chi connectivity index (χ3v) is 4.01. The number of nitrogens with one attached hydrogen (secondary N) is 4. The number of nitrogens with two attached hydrogens (primary N) is 3. The number of benzene rings is 1. The van der Waals surface area contributed by atoms with E-state index in [-0.39, 0.29) is 24.2 Å². The molecule has 0 radical (unpaired) electrons. The molecule has 156 valence electrons. The van der Waals surface area contributed by atoms with Crippen molar-refractivity contribution in [3.8, 4) is 0 Å². The van der Waals surface area contributed by atoms with E-state index in [1.54, 1.807) is 18.2 Å². The van der Waals surface area contributed by atoms with Crippen molar-refractivity contribution in [1.82, 2.24) is 10.6 Å². The van der Waals surface area contributed by atoms with Gasteiger partial charge in [0, 0.05) is 22.6 Å². The lowest BCUT2D eigenvalue weighted by molar-refractivity contribution is -0.115. The normalized spacial score (nSPS) is 13.7. The minimum Gasteiger partial charge on any atom is -0.404 e. The summed E-state index contributed by atoms with van der Waals surface area (Å²) in [6, 6.07) is 4.69. The second kappa shape index (κ2) is 12.3. The SMILES string of the molecule is CCCNC(NC(N)CC)/C(=C\N)C(=O)Nc1cc(Cl)cc(NC(=O)CN)c1. The summed E-state index contributed by atoms with van der Waals surface area (Å²) in [5.41, 5.74) is 18.1. The van der Waals surface area contributed by atoms with Gasteiger partial charge in [-0.2, -0.15) is 0 Å². The molecule has 9 nitrogen and oxygen atoms in total. The second-order valence-electron chi connectivity index (χ2n) is 6.13. The van der Waals surface area contributed by atoms with Crippen LogP contribution in [-0.4, -0.2) is 37.2 Å². The lowest BCUT2D eigenvalue weighted by Crippen LogP contribution is -2.53. The minimum atomic E-state index is -0.518. The van der Waals surface area contributed by atoms with Crippen LogP contribution < -0.4 is 38.5 Å². The van der Waals surface area contributed by atoms with E-state index in [2.05, 4.69) is 21.3 Å². The molecule has 0 spiro atoms. The van der Waals surface area contributed by atoms with Crippen LogP contribution >= 0.6 is 11.6 Å². The van der Waals surface area contributed by atoms with E-state index in [1.165, 1.54) is 6.20 Å². The summed E-state index contributed by atoms with van der Waals surface area (Å²) < 4.78 is 0. The highest BCUT2D eigenvalue weighted by Gasteiger charge is 2.22. The third kappa shape index (κ3) is 7.83. The van der Waals surface area contributed by atoms with Crippen LogP contribution in [0.4, 0.5) is 11.4 Å². The number of halogens is 1. The largest absolute Gasteiger partial charge is 0.404 e. The molecule has 0 fully saturated rings. The number of amides is 2. The van der Waals surface area contributed by atoms with E-state index >= 15 is 0 Å². The Labute approximate surface area is 170 Å². The third-order valence-electron chi connectivity index (χ3n) is 3.80. The Balaban J connectivity index is 2.99. The molecule has 0 bridgehead atoms. The summed E-state index contributed by atoms with van der Waals surface area (Å²) in [5.74, 6) is -0.797. The fraction of sp³-hybridized carbons (Fsp3) is 0.444. The topological polar surface area (TPSA) is 160 Å². The van der Waals surface area contributed by atoms with Crippen molar-refractivity contribution >= 4 is 34.8 Å². The van der Waals surface area contributed by atoms with Crippen molar-refractivity contribution in [2.24, 2.45) is 17.2 Å². The summed E-state index contributed by atoms with van der Waals surface area (Å²) in [6.45, 7) is 4.45. The van der Waals surface area contributed by atoms with Crippen LogP contribution in [0.5, 0.6) is 0 Å². The molecule has 0 saturated heterocycles. The number of carbonyl (C=O) groups is 2. The first kappa shape index (κ1) is 23.9. The zero-order chi connectivity index (χ0) is 21.1. The van der Waals surface area contributed by atoms with Crippen molar-refractivity contribution < 1.29 is 9.59 Å². The highest BCUT2D eigenvalue weighted by Crippen LogP contribution is 2.23. The molecule has 0 saturated carbocycles. The lowest BCUT2D eigenvalue weighted by Gasteiger charge is -2.25. The molecule has 1 aromatic rings. The van der Waals surface area contributed by atoms with Crippen LogP contribution in [0.1, 0.15) is 26.7 Å². The second-order valence-corrected chi connectivity index (χ2v) is 6.56. The van der Waals surface area contributed by atoms with Gasteiger partial charge in [-0.3, -0.25) is 20.2 Å². The Hall–Kier alpha value is -2.17. The molecular formula is C18H30ClN7O2. The maximum atomic E-state index is 12.8. The maximum absolute atomic E-state index is 12.8. The molecule has 0 aliphatic carbocycles. The highest BCUT2D eigenvalue weighted by molar-refractivity contribution is 6.31. The Bertz CT molecular complexity index is 697. The Morgan fingerprint density at radius 1 is 1.18 bits per heavy atom. The first-order valence-corrected chi connectivity index (χ1v) is 9.51. The highest BCUT2D eigenvalue weighted by atomic mass is 35.5. The van der Waals surface area contributed by atoms with Gasteiger partial charge in [0.05, 0.1) is 24.4 Å². The number of anilines is 2. The predicted octanol–water partition coefficient (Wildman–Crippen LogP) is 0.628. The van der Waals surface area contributed by atoms with Gasteiger partial charge in [0.15, 0.2) is 0 Å². The van der Waals surface area contributed by atoms with E-state index in [9.17, 15) is 9.59 Å². The van der Waals surface area contributed by atoms with E-state index in [1.807, 2.05) is 13.8 Å². The molecule has 2 amide bonds. The molecule has 28 heavy (non-hydrogen) atoms. The number of hydrogen-bond donors (Lipinski definition) is 7. The zero-order valence-electron chi connectivity index (χ0n) is 16.2. The van der Waals surface area contributed by atoms with E-state index in [0.717, 1.165) is 6.42 Å². The fourth-order valence-electron chi connectivity index (χ4n) is 2.33. The molecule has 1 aromatic carbocycles. The van der Waals surface area contributed by atoms with Gasteiger partial charge >= 0.3 is 0 Å². The molecule has 0 aromatic heterocycles. The lowest BCUT2D eigenvalue weighted by atomic mass is 10.1. The summed E-state index contributed by atoms with van der Waals surface area (Å²) in [6.07, 6.45) is 1.97. The standard InChI is InChI=1S/C18H30ClN7O2/c1-3-5-23-17(26-15(22)4-2)14(9-20)18(28)25-13-7-11(19)6-12(8-13)24-16(27)10-21/h6-9,15,17,23,26H,3-5,10,20-22H2,1-2H3,(H,24,27)(H,25,28)/b14-9+. The van der Waals surface area contributed by atoms with Crippen LogP contribution in [0.2, 0.25) is 5.02 Å². The summed E-state index contributed by atoms with van der Waals surface area (Å²) >= 11 is 6.08. The predicted molar refractivity (Wildman–Crippen MR) is 114 cm³/mol. The van der Waals surface area contributed by atoms with Crippen molar-refractivity contribution in [3.63, 3.8) is 0 Å². The smallest absolute Gasteiger partial charge is 0.256 e. The van der Waals surface area contributed by atoms with Gasteiger partial charge in [0.2, 0.25) is 5.91 Å². The molecule has 0 heterocycles. The Kier molecular flexibility index (Phi) is 10.5. The van der Waals surface area contributed by atoms with Gasteiger partial charge < -0.3 is 27.8 Å². The Morgan fingerprint density at radius 2 is 1.82 bits per heavy atom. The molecule has 2 unspecified atom stereocenters. The molecule has 0 aliphatic rings. The van der Waals surface area contributed by atoms with Gasteiger partial charge in [-0.25, -0.2) is 0 Å². The fourth-order valence-corrected chi connectivity index (χ4v) is 2.57. The van der Waals surface area contributed by atoms with Crippen LogP contribution in [-0.2, 0) is 9.59 Å². The molecule has 0 aliphatic heterocycles. The van der Waals surface area contributed by atoms with Gasteiger partial charge in [-0.15, -0.1) is 0 Å². The van der Waals surface area contributed by atoms with Crippen LogP contribution in [0.3, 0.4) is 0 Å². The average molecular weight is 412 g/mol. The van der Waals surface area contributed by atoms with E-state index in [0.29, 0.717) is 29.4 Å². The molecular weight excluding hydrogens is 382 g/mol. The van der Waals surface area contributed by atoms with Crippen LogP contribution in [0, 0.1) is 0 Å². The molecule has 10 heteroatoms. The van der Waals surface area contributed by atoms with Crippen molar-refractivity contribution in [2.75, 3.05) is 23.7 Å². The molecule has 2 atom stereocenters.